The van der Waals surface area contributed by atoms with Crippen LogP contribution < -0.4 is 11.3 Å². The Morgan fingerprint density at radius 3 is 2.83 bits per heavy atom. The molecule has 1 aliphatic rings. The number of hydrogen-bond acceptors (Lipinski definition) is 3. The van der Waals surface area contributed by atoms with Gasteiger partial charge in [-0.15, -0.1) is 0 Å². The fourth-order valence-corrected chi connectivity index (χ4v) is 2.53. The van der Waals surface area contributed by atoms with Crippen LogP contribution >= 0.6 is 0 Å². The van der Waals surface area contributed by atoms with Gasteiger partial charge in [0.1, 0.15) is 11.6 Å². The summed E-state index contributed by atoms with van der Waals surface area (Å²) in [7, 11) is 0. The maximum Gasteiger partial charge on any atom is 0.129 e. The summed E-state index contributed by atoms with van der Waals surface area (Å²) in [6.07, 6.45) is 1.44. The predicted octanol–water partition coefficient (Wildman–Crippen LogP) is 1.76. The molecule has 1 aromatic rings. The summed E-state index contributed by atoms with van der Waals surface area (Å²) in [5, 5.41) is 0. The zero-order valence-corrected chi connectivity index (χ0v) is 10.3. The second-order valence-corrected chi connectivity index (χ2v) is 4.74. The number of hydrazine groups is 1. The minimum atomic E-state index is -0.564. The third-order valence-corrected chi connectivity index (χ3v) is 3.62. The molecule has 0 amide bonds. The maximum absolute atomic E-state index is 13.6. The minimum absolute atomic E-state index is 0.0672. The van der Waals surface area contributed by atoms with Crippen LogP contribution in [0.5, 0.6) is 0 Å². The highest BCUT2D eigenvalue weighted by atomic mass is 19.1. The molecule has 0 radical (unpaired) electrons. The SMILES string of the molecule is CC1OCCC1C(Cc1ccc(F)cc1F)NN. The summed E-state index contributed by atoms with van der Waals surface area (Å²) >= 11 is 0. The Hall–Kier alpha value is -1.04. The first-order chi connectivity index (χ1) is 8.61. The van der Waals surface area contributed by atoms with Crippen LogP contribution in [0.3, 0.4) is 0 Å². The number of rotatable bonds is 4. The van der Waals surface area contributed by atoms with E-state index >= 15 is 0 Å². The highest BCUT2D eigenvalue weighted by molar-refractivity contribution is 5.20. The number of hydrogen-bond donors (Lipinski definition) is 2. The Morgan fingerprint density at radius 2 is 2.28 bits per heavy atom. The van der Waals surface area contributed by atoms with E-state index in [1.54, 1.807) is 0 Å². The van der Waals surface area contributed by atoms with Crippen LogP contribution in [-0.2, 0) is 11.2 Å². The van der Waals surface area contributed by atoms with E-state index in [1.165, 1.54) is 12.1 Å². The van der Waals surface area contributed by atoms with E-state index in [0.29, 0.717) is 18.6 Å². The molecule has 5 heteroatoms. The van der Waals surface area contributed by atoms with Gasteiger partial charge < -0.3 is 4.74 Å². The predicted molar refractivity (Wildman–Crippen MR) is 64.7 cm³/mol. The van der Waals surface area contributed by atoms with E-state index < -0.39 is 11.6 Å². The summed E-state index contributed by atoms with van der Waals surface area (Å²) in [5.74, 6) is 4.70. The van der Waals surface area contributed by atoms with E-state index in [2.05, 4.69) is 5.43 Å². The monoisotopic (exact) mass is 256 g/mol. The Morgan fingerprint density at radius 1 is 1.50 bits per heavy atom. The van der Waals surface area contributed by atoms with E-state index in [-0.39, 0.29) is 18.1 Å². The summed E-state index contributed by atoms with van der Waals surface area (Å²) in [4.78, 5) is 0. The summed E-state index contributed by atoms with van der Waals surface area (Å²) in [6.45, 7) is 2.69. The van der Waals surface area contributed by atoms with Crippen LogP contribution in [0, 0.1) is 17.6 Å². The highest BCUT2D eigenvalue weighted by Crippen LogP contribution is 2.26. The van der Waals surface area contributed by atoms with E-state index in [4.69, 9.17) is 10.6 Å². The second-order valence-electron chi connectivity index (χ2n) is 4.74. The number of nitrogens with one attached hydrogen (secondary N) is 1. The zero-order chi connectivity index (χ0) is 13.1. The Kier molecular flexibility index (Phi) is 4.27. The zero-order valence-electron chi connectivity index (χ0n) is 10.3. The molecule has 0 aliphatic carbocycles. The molecule has 3 N–H and O–H groups in total. The molecular weight excluding hydrogens is 238 g/mol. The molecule has 3 unspecified atom stereocenters. The van der Waals surface area contributed by atoms with Gasteiger partial charge in [0.15, 0.2) is 0 Å². The van der Waals surface area contributed by atoms with Gasteiger partial charge in [-0.05, 0) is 31.4 Å². The molecule has 100 valence electrons. The molecule has 0 spiro atoms. The van der Waals surface area contributed by atoms with Crippen molar-refractivity contribution in [3.05, 3.63) is 35.4 Å². The fourth-order valence-electron chi connectivity index (χ4n) is 2.53. The average Bonchev–Trinajstić information content (AvgIpc) is 2.75. The van der Waals surface area contributed by atoms with Gasteiger partial charge in [0.2, 0.25) is 0 Å². The Labute approximate surface area is 105 Å². The number of ether oxygens (including phenoxy) is 1. The van der Waals surface area contributed by atoms with E-state index in [0.717, 1.165) is 12.5 Å². The quantitative estimate of drug-likeness (QED) is 0.637. The third-order valence-electron chi connectivity index (χ3n) is 3.62. The molecule has 3 nitrogen and oxygen atoms in total. The second kappa shape index (κ2) is 5.73. The van der Waals surface area contributed by atoms with Crippen LogP contribution in [0.15, 0.2) is 18.2 Å². The average molecular weight is 256 g/mol. The highest BCUT2D eigenvalue weighted by Gasteiger charge is 2.31. The Balaban J connectivity index is 2.10. The fraction of sp³-hybridized carbons (Fsp3) is 0.538. The van der Waals surface area contributed by atoms with Crippen molar-refractivity contribution >= 4 is 0 Å². The summed E-state index contributed by atoms with van der Waals surface area (Å²) in [6, 6.07) is 3.57. The first-order valence-corrected chi connectivity index (χ1v) is 6.13. The van der Waals surface area contributed by atoms with Crippen molar-refractivity contribution in [1.29, 1.82) is 0 Å². The largest absolute Gasteiger partial charge is 0.378 e. The van der Waals surface area contributed by atoms with Crippen molar-refractivity contribution in [1.82, 2.24) is 5.43 Å². The van der Waals surface area contributed by atoms with Gasteiger partial charge in [0.05, 0.1) is 6.10 Å². The lowest BCUT2D eigenvalue weighted by atomic mass is 9.89. The molecule has 1 aliphatic heterocycles. The van der Waals surface area contributed by atoms with Crippen LogP contribution in [0.1, 0.15) is 18.9 Å². The van der Waals surface area contributed by atoms with Gasteiger partial charge in [-0.1, -0.05) is 6.07 Å². The molecule has 0 bridgehead atoms. The molecule has 3 atom stereocenters. The molecule has 0 saturated carbocycles. The number of benzene rings is 1. The molecule has 1 aromatic carbocycles. The van der Waals surface area contributed by atoms with Crippen molar-refractivity contribution in [3.8, 4) is 0 Å². The molecule has 1 saturated heterocycles. The topological polar surface area (TPSA) is 47.3 Å². The standard InChI is InChI=1S/C13H18F2N2O/c1-8-11(4-5-18-8)13(17-16)6-9-2-3-10(14)7-12(9)15/h2-3,7-8,11,13,17H,4-6,16H2,1H3. The lowest BCUT2D eigenvalue weighted by Gasteiger charge is -2.25. The van der Waals surface area contributed by atoms with Crippen molar-refractivity contribution in [2.75, 3.05) is 6.61 Å². The van der Waals surface area contributed by atoms with Gasteiger partial charge >= 0.3 is 0 Å². The van der Waals surface area contributed by atoms with Crippen LogP contribution in [0.2, 0.25) is 0 Å². The van der Waals surface area contributed by atoms with Gasteiger partial charge in [0.25, 0.3) is 0 Å². The molecule has 18 heavy (non-hydrogen) atoms. The minimum Gasteiger partial charge on any atom is -0.378 e. The molecule has 1 heterocycles. The van der Waals surface area contributed by atoms with Gasteiger partial charge in [-0.25, -0.2) is 8.78 Å². The number of halogens is 2. The van der Waals surface area contributed by atoms with Crippen molar-refractivity contribution in [2.24, 2.45) is 11.8 Å². The maximum atomic E-state index is 13.6. The van der Waals surface area contributed by atoms with Crippen LogP contribution in [0.25, 0.3) is 0 Å². The number of nitrogens with two attached hydrogens (primary N) is 1. The van der Waals surface area contributed by atoms with Gasteiger partial charge in [-0.3, -0.25) is 11.3 Å². The first kappa shape index (κ1) is 13.4. The van der Waals surface area contributed by atoms with E-state index in [9.17, 15) is 8.78 Å². The molecule has 0 aromatic heterocycles. The third kappa shape index (κ3) is 2.85. The van der Waals surface area contributed by atoms with Crippen LogP contribution in [0.4, 0.5) is 8.78 Å². The van der Waals surface area contributed by atoms with Crippen molar-refractivity contribution < 1.29 is 13.5 Å². The lowest BCUT2D eigenvalue weighted by molar-refractivity contribution is 0.0953. The first-order valence-electron chi connectivity index (χ1n) is 6.13. The molecule has 1 fully saturated rings. The summed E-state index contributed by atoms with van der Waals surface area (Å²) in [5.41, 5.74) is 3.20. The molecular formula is C13H18F2N2O. The van der Waals surface area contributed by atoms with Crippen LogP contribution in [-0.4, -0.2) is 18.8 Å². The molecule has 2 rings (SSSR count). The Bertz CT molecular complexity index is 414. The lowest BCUT2D eigenvalue weighted by Crippen LogP contribution is -2.44. The van der Waals surface area contributed by atoms with Gasteiger partial charge in [0, 0.05) is 24.6 Å². The van der Waals surface area contributed by atoms with Crippen molar-refractivity contribution in [3.63, 3.8) is 0 Å². The summed E-state index contributed by atoms with van der Waals surface area (Å²) < 4.78 is 31.9. The van der Waals surface area contributed by atoms with Crippen molar-refractivity contribution in [2.45, 2.75) is 31.9 Å². The smallest absolute Gasteiger partial charge is 0.129 e. The van der Waals surface area contributed by atoms with Gasteiger partial charge in [-0.2, -0.15) is 0 Å². The van der Waals surface area contributed by atoms with E-state index in [1.807, 2.05) is 6.92 Å². The normalized spacial score (nSPS) is 25.3.